The zero-order valence-electron chi connectivity index (χ0n) is 10.2. The summed E-state index contributed by atoms with van der Waals surface area (Å²) in [7, 11) is 0. The quantitative estimate of drug-likeness (QED) is 0.760. The largest absolute Gasteiger partial charge is 0.395 e. The summed E-state index contributed by atoms with van der Waals surface area (Å²) in [5, 5.41) is 20.8. The Balaban J connectivity index is 2.72. The molecule has 6 heteroatoms. The van der Waals surface area contributed by atoms with Gasteiger partial charge in [0.1, 0.15) is 0 Å². The third-order valence-electron chi connectivity index (χ3n) is 2.39. The van der Waals surface area contributed by atoms with Crippen LogP contribution in [0, 0.1) is 6.92 Å². The van der Waals surface area contributed by atoms with E-state index in [0.29, 0.717) is 10.7 Å². The molecule has 0 saturated carbocycles. The van der Waals surface area contributed by atoms with Gasteiger partial charge in [-0.15, -0.1) is 0 Å². The monoisotopic (exact) mass is 272 g/mol. The number of anilines is 1. The molecule has 0 bridgehead atoms. The van der Waals surface area contributed by atoms with Gasteiger partial charge in [-0.25, -0.2) is 4.79 Å². The van der Waals surface area contributed by atoms with Crippen LogP contribution in [0.15, 0.2) is 18.2 Å². The van der Waals surface area contributed by atoms with E-state index in [1.165, 1.54) is 4.90 Å². The number of aliphatic hydroxyl groups excluding tert-OH is 2. The summed E-state index contributed by atoms with van der Waals surface area (Å²) in [6, 6.07) is 4.90. The normalized spacial score (nSPS) is 10.2. The van der Waals surface area contributed by atoms with Gasteiger partial charge in [-0.05, 0) is 24.6 Å². The zero-order chi connectivity index (χ0) is 13.5. The summed E-state index contributed by atoms with van der Waals surface area (Å²) >= 11 is 6.00. The molecule has 1 aromatic rings. The van der Waals surface area contributed by atoms with Crippen LogP contribution >= 0.6 is 11.6 Å². The smallest absolute Gasteiger partial charge is 0.322 e. The highest BCUT2D eigenvalue weighted by Gasteiger charge is 2.13. The third-order valence-corrected chi connectivity index (χ3v) is 2.71. The zero-order valence-corrected chi connectivity index (χ0v) is 10.9. The van der Waals surface area contributed by atoms with E-state index in [0.717, 1.165) is 5.56 Å². The molecule has 0 aromatic heterocycles. The van der Waals surface area contributed by atoms with Gasteiger partial charge in [-0.2, -0.15) is 0 Å². The number of carbonyl (C=O) groups is 1. The van der Waals surface area contributed by atoms with Crippen LogP contribution in [0.25, 0.3) is 0 Å². The van der Waals surface area contributed by atoms with Crippen molar-refractivity contribution in [2.75, 3.05) is 31.6 Å². The van der Waals surface area contributed by atoms with Gasteiger partial charge >= 0.3 is 6.03 Å². The van der Waals surface area contributed by atoms with Crippen LogP contribution in [-0.4, -0.2) is 47.4 Å². The molecular weight excluding hydrogens is 256 g/mol. The Morgan fingerprint density at radius 2 is 1.94 bits per heavy atom. The number of benzene rings is 1. The van der Waals surface area contributed by atoms with Crippen molar-refractivity contribution in [3.63, 3.8) is 0 Å². The summed E-state index contributed by atoms with van der Waals surface area (Å²) in [5.74, 6) is 0. The number of halogens is 1. The first-order valence-electron chi connectivity index (χ1n) is 5.62. The second-order valence-corrected chi connectivity index (χ2v) is 4.25. The molecular formula is C12H17ClN2O3. The average Bonchev–Trinajstić information content (AvgIpc) is 2.32. The van der Waals surface area contributed by atoms with Crippen LogP contribution in [0.4, 0.5) is 10.5 Å². The standard InChI is InChI=1S/C12H17ClN2O3/c1-9-2-3-11(10(13)8-9)14-12(18)15(4-6-16)5-7-17/h2-3,8,16-17H,4-7H2,1H3,(H,14,18). The first-order valence-corrected chi connectivity index (χ1v) is 6.00. The van der Waals surface area contributed by atoms with E-state index in [-0.39, 0.29) is 26.3 Å². The fourth-order valence-electron chi connectivity index (χ4n) is 1.47. The van der Waals surface area contributed by atoms with Gasteiger partial charge in [-0.3, -0.25) is 0 Å². The molecule has 1 rings (SSSR count). The molecule has 3 N–H and O–H groups in total. The van der Waals surface area contributed by atoms with Gasteiger partial charge < -0.3 is 20.4 Å². The maximum atomic E-state index is 11.9. The summed E-state index contributed by atoms with van der Waals surface area (Å²) in [4.78, 5) is 13.2. The molecule has 100 valence electrons. The molecule has 0 aliphatic carbocycles. The topological polar surface area (TPSA) is 72.8 Å². The van der Waals surface area contributed by atoms with E-state index in [4.69, 9.17) is 21.8 Å². The predicted octanol–water partition coefficient (Wildman–Crippen LogP) is 1.47. The van der Waals surface area contributed by atoms with Crippen LogP contribution in [0.1, 0.15) is 5.56 Å². The molecule has 0 aliphatic heterocycles. The molecule has 0 radical (unpaired) electrons. The molecule has 0 spiro atoms. The highest BCUT2D eigenvalue weighted by molar-refractivity contribution is 6.33. The average molecular weight is 273 g/mol. The Morgan fingerprint density at radius 1 is 1.33 bits per heavy atom. The van der Waals surface area contributed by atoms with Gasteiger partial charge in [0.2, 0.25) is 0 Å². The number of rotatable bonds is 5. The molecule has 0 fully saturated rings. The third kappa shape index (κ3) is 4.18. The lowest BCUT2D eigenvalue weighted by molar-refractivity contribution is 0.167. The summed E-state index contributed by atoms with van der Waals surface area (Å²) < 4.78 is 0. The van der Waals surface area contributed by atoms with Crippen LogP contribution < -0.4 is 5.32 Å². The summed E-state index contributed by atoms with van der Waals surface area (Å²) in [6.07, 6.45) is 0. The van der Waals surface area contributed by atoms with E-state index in [2.05, 4.69) is 5.32 Å². The fraction of sp³-hybridized carbons (Fsp3) is 0.417. The van der Waals surface area contributed by atoms with Crippen molar-refractivity contribution in [3.8, 4) is 0 Å². The molecule has 0 heterocycles. The first kappa shape index (κ1) is 14.8. The lowest BCUT2D eigenvalue weighted by Crippen LogP contribution is -2.39. The number of aryl methyl sites for hydroxylation is 1. The van der Waals surface area contributed by atoms with Gasteiger partial charge in [-0.1, -0.05) is 17.7 Å². The van der Waals surface area contributed by atoms with Gasteiger partial charge in [0.15, 0.2) is 0 Å². The number of hydrogen-bond donors (Lipinski definition) is 3. The number of hydrogen-bond acceptors (Lipinski definition) is 3. The van der Waals surface area contributed by atoms with Crippen molar-refractivity contribution in [2.45, 2.75) is 6.92 Å². The minimum Gasteiger partial charge on any atom is -0.395 e. The van der Waals surface area contributed by atoms with Crippen molar-refractivity contribution < 1.29 is 15.0 Å². The first-order chi connectivity index (χ1) is 8.58. The van der Waals surface area contributed by atoms with E-state index in [9.17, 15) is 4.79 Å². The molecule has 0 atom stereocenters. The number of amides is 2. The van der Waals surface area contributed by atoms with Crippen LogP contribution in [0.3, 0.4) is 0 Å². The summed E-state index contributed by atoms with van der Waals surface area (Å²) in [6.45, 7) is 1.91. The Bertz CT molecular complexity index is 406. The van der Waals surface area contributed by atoms with Gasteiger partial charge in [0, 0.05) is 13.1 Å². The number of nitrogens with one attached hydrogen (secondary N) is 1. The second-order valence-electron chi connectivity index (χ2n) is 3.85. The molecule has 0 unspecified atom stereocenters. The van der Waals surface area contributed by atoms with Crippen molar-refractivity contribution in [2.24, 2.45) is 0 Å². The van der Waals surface area contributed by atoms with Crippen molar-refractivity contribution in [1.82, 2.24) is 4.90 Å². The van der Waals surface area contributed by atoms with Crippen molar-refractivity contribution >= 4 is 23.3 Å². The Labute approximate surface area is 111 Å². The molecule has 0 saturated heterocycles. The van der Waals surface area contributed by atoms with E-state index < -0.39 is 6.03 Å². The fourth-order valence-corrected chi connectivity index (χ4v) is 1.75. The SMILES string of the molecule is Cc1ccc(NC(=O)N(CCO)CCO)c(Cl)c1. The van der Waals surface area contributed by atoms with Crippen LogP contribution in [0.2, 0.25) is 5.02 Å². The maximum Gasteiger partial charge on any atom is 0.322 e. The van der Waals surface area contributed by atoms with E-state index in [1.807, 2.05) is 13.0 Å². The van der Waals surface area contributed by atoms with Gasteiger partial charge in [0.05, 0.1) is 23.9 Å². The van der Waals surface area contributed by atoms with Gasteiger partial charge in [0.25, 0.3) is 0 Å². The Hall–Kier alpha value is -1.30. The number of urea groups is 1. The molecule has 2 amide bonds. The van der Waals surface area contributed by atoms with Crippen molar-refractivity contribution in [1.29, 1.82) is 0 Å². The molecule has 18 heavy (non-hydrogen) atoms. The number of carbonyl (C=O) groups excluding carboxylic acids is 1. The minimum atomic E-state index is -0.399. The Morgan fingerprint density at radius 3 is 2.44 bits per heavy atom. The van der Waals surface area contributed by atoms with Crippen LogP contribution in [0.5, 0.6) is 0 Å². The lowest BCUT2D eigenvalue weighted by Gasteiger charge is -2.21. The highest BCUT2D eigenvalue weighted by atomic mass is 35.5. The predicted molar refractivity (Wildman–Crippen MR) is 71.0 cm³/mol. The lowest BCUT2D eigenvalue weighted by atomic mass is 10.2. The van der Waals surface area contributed by atoms with E-state index in [1.54, 1.807) is 12.1 Å². The Kier molecular flexibility index (Phi) is 5.91. The summed E-state index contributed by atoms with van der Waals surface area (Å²) in [5.41, 5.74) is 1.51. The molecule has 0 aliphatic rings. The molecule has 1 aromatic carbocycles. The second kappa shape index (κ2) is 7.20. The minimum absolute atomic E-state index is 0.158. The van der Waals surface area contributed by atoms with E-state index >= 15 is 0 Å². The van der Waals surface area contributed by atoms with Crippen LogP contribution in [-0.2, 0) is 0 Å². The van der Waals surface area contributed by atoms with Crippen molar-refractivity contribution in [3.05, 3.63) is 28.8 Å². The number of aliphatic hydroxyl groups is 2. The molecule has 5 nitrogen and oxygen atoms in total. The highest BCUT2D eigenvalue weighted by Crippen LogP contribution is 2.22. The maximum absolute atomic E-state index is 11.9. The number of nitrogens with zero attached hydrogens (tertiary/aromatic N) is 1.